The highest BCUT2D eigenvalue weighted by Crippen LogP contribution is 2.25. The van der Waals surface area contributed by atoms with Gasteiger partial charge in [0, 0.05) is 17.5 Å². The van der Waals surface area contributed by atoms with Crippen molar-refractivity contribution < 1.29 is 4.79 Å². The molecule has 1 aromatic heterocycles. The van der Waals surface area contributed by atoms with Gasteiger partial charge in [0.05, 0.1) is 10.5 Å². The Balaban J connectivity index is 2.54. The van der Waals surface area contributed by atoms with Gasteiger partial charge in [-0.1, -0.05) is 23.7 Å². The summed E-state index contributed by atoms with van der Waals surface area (Å²) in [5.41, 5.74) is 7.91. The molecular weight excluding hydrogens is 236 g/mol. The number of benzene rings is 1. The van der Waals surface area contributed by atoms with E-state index in [9.17, 15) is 4.79 Å². The molecule has 88 valence electrons. The minimum absolute atomic E-state index is 0.297. The lowest BCUT2D eigenvalue weighted by atomic mass is 10.0. The molecule has 1 amide bonds. The predicted octanol–water partition coefficient (Wildman–Crippen LogP) is 2.61. The molecule has 2 rings (SSSR count). The van der Waals surface area contributed by atoms with Crippen LogP contribution in [-0.4, -0.2) is 10.9 Å². The van der Waals surface area contributed by atoms with Crippen LogP contribution in [-0.2, 0) is 11.2 Å². The Labute approximate surface area is 105 Å². The summed E-state index contributed by atoms with van der Waals surface area (Å²) < 4.78 is 0. The van der Waals surface area contributed by atoms with Crippen molar-refractivity contribution in [3.8, 4) is 0 Å². The lowest BCUT2D eigenvalue weighted by Gasteiger charge is -2.08. The molecule has 0 saturated heterocycles. The van der Waals surface area contributed by atoms with Crippen LogP contribution in [0.5, 0.6) is 0 Å². The van der Waals surface area contributed by atoms with Gasteiger partial charge < -0.3 is 5.73 Å². The number of pyridine rings is 1. The van der Waals surface area contributed by atoms with Crippen LogP contribution in [0.4, 0.5) is 0 Å². The summed E-state index contributed by atoms with van der Waals surface area (Å²) in [5.74, 6) is -0.297. The van der Waals surface area contributed by atoms with E-state index in [0.29, 0.717) is 17.9 Å². The lowest BCUT2D eigenvalue weighted by Crippen LogP contribution is -2.11. The number of nitrogens with two attached hydrogens (primary N) is 1. The highest BCUT2D eigenvalue weighted by atomic mass is 35.5. The summed E-state index contributed by atoms with van der Waals surface area (Å²) >= 11 is 6.11. The molecule has 0 aliphatic rings. The van der Waals surface area contributed by atoms with Crippen molar-refractivity contribution in [3.63, 3.8) is 0 Å². The number of halogens is 1. The highest BCUT2D eigenvalue weighted by molar-refractivity contribution is 6.35. The van der Waals surface area contributed by atoms with Gasteiger partial charge in [-0.25, -0.2) is 0 Å². The van der Waals surface area contributed by atoms with Crippen LogP contribution in [0.1, 0.15) is 17.7 Å². The van der Waals surface area contributed by atoms with Gasteiger partial charge >= 0.3 is 0 Å². The first kappa shape index (κ1) is 11.9. The fourth-order valence-corrected chi connectivity index (χ4v) is 2.11. The van der Waals surface area contributed by atoms with Crippen LogP contribution in [0.3, 0.4) is 0 Å². The number of hydrogen-bond donors (Lipinski definition) is 1. The number of hydrogen-bond acceptors (Lipinski definition) is 2. The Kier molecular flexibility index (Phi) is 3.29. The molecule has 17 heavy (non-hydrogen) atoms. The molecule has 0 unspecified atom stereocenters. The molecular formula is C13H13ClN2O. The van der Waals surface area contributed by atoms with Gasteiger partial charge in [-0.15, -0.1) is 0 Å². The van der Waals surface area contributed by atoms with E-state index < -0.39 is 0 Å². The van der Waals surface area contributed by atoms with Crippen molar-refractivity contribution in [2.45, 2.75) is 19.8 Å². The van der Waals surface area contributed by atoms with Gasteiger partial charge in [-0.2, -0.15) is 0 Å². The third-order valence-electron chi connectivity index (χ3n) is 2.64. The molecule has 4 heteroatoms. The number of nitrogens with zero attached hydrogens (tertiary/aromatic N) is 1. The molecule has 2 aromatic rings. The summed E-state index contributed by atoms with van der Waals surface area (Å²) in [4.78, 5) is 15.3. The maximum absolute atomic E-state index is 10.8. The zero-order chi connectivity index (χ0) is 12.4. The average molecular weight is 249 g/mol. The molecule has 0 aliphatic heterocycles. The lowest BCUT2D eigenvalue weighted by molar-refractivity contribution is -0.117. The minimum Gasteiger partial charge on any atom is -0.370 e. The van der Waals surface area contributed by atoms with Gasteiger partial charge in [-0.3, -0.25) is 9.78 Å². The number of carbonyl (C=O) groups is 1. The third-order valence-corrected chi connectivity index (χ3v) is 2.95. The van der Waals surface area contributed by atoms with Crippen LogP contribution in [0.2, 0.25) is 5.02 Å². The van der Waals surface area contributed by atoms with Crippen molar-refractivity contribution in [2.75, 3.05) is 0 Å². The molecule has 2 N–H and O–H groups in total. The topological polar surface area (TPSA) is 56.0 Å². The van der Waals surface area contributed by atoms with Gasteiger partial charge in [-0.05, 0) is 31.0 Å². The summed E-state index contributed by atoms with van der Waals surface area (Å²) in [6, 6.07) is 7.63. The van der Waals surface area contributed by atoms with Crippen molar-refractivity contribution in [3.05, 3.63) is 40.5 Å². The van der Waals surface area contributed by atoms with Crippen LogP contribution >= 0.6 is 11.6 Å². The van der Waals surface area contributed by atoms with Crippen molar-refractivity contribution in [2.24, 2.45) is 5.73 Å². The van der Waals surface area contributed by atoms with Crippen molar-refractivity contribution in [1.82, 2.24) is 4.98 Å². The van der Waals surface area contributed by atoms with E-state index in [1.807, 2.05) is 31.2 Å². The minimum atomic E-state index is -0.297. The number of amides is 1. The highest BCUT2D eigenvalue weighted by Gasteiger charge is 2.07. The van der Waals surface area contributed by atoms with Crippen LogP contribution in [0.25, 0.3) is 10.9 Å². The van der Waals surface area contributed by atoms with Crippen LogP contribution < -0.4 is 5.73 Å². The van der Waals surface area contributed by atoms with E-state index in [-0.39, 0.29) is 5.91 Å². The fourth-order valence-electron chi connectivity index (χ4n) is 1.89. The summed E-state index contributed by atoms with van der Waals surface area (Å²) in [6.45, 7) is 1.91. The molecule has 0 aliphatic carbocycles. The van der Waals surface area contributed by atoms with Gasteiger partial charge in [0.15, 0.2) is 0 Å². The molecule has 3 nitrogen and oxygen atoms in total. The molecule has 0 spiro atoms. The normalized spacial score (nSPS) is 10.7. The number of para-hydroxylation sites is 1. The molecule has 0 atom stereocenters. The SMILES string of the molecule is Cc1cc(CCC(N)=O)c2cccc(Cl)c2n1. The number of rotatable bonds is 3. The fraction of sp³-hybridized carbons (Fsp3) is 0.231. The summed E-state index contributed by atoms with van der Waals surface area (Å²) in [5, 5.41) is 1.62. The predicted molar refractivity (Wildman–Crippen MR) is 69.0 cm³/mol. The maximum Gasteiger partial charge on any atom is 0.217 e. The maximum atomic E-state index is 10.8. The largest absolute Gasteiger partial charge is 0.370 e. The quantitative estimate of drug-likeness (QED) is 0.908. The van der Waals surface area contributed by atoms with E-state index in [4.69, 9.17) is 17.3 Å². The first-order chi connectivity index (χ1) is 8.08. The first-order valence-electron chi connectivity index (χ1n) is 5.41. The molecule has 1 aromatic carbocycles. The van der Waals surface area contributed by atoms with Crippen molar-refractivity contribution >= 4 is 28.4 Å². The third kappa shape index (κ3) is 2.56. The van der Waals surface area contributed by atoms with E-state index in [1.165, 1.54) is 0 Å². The molecule has 0 bridgehead atoms. The second-order valence-corrected chi connectivity index (χ2v) is 4.43. The molecule has 0 fully saturated rings. The van der Waals surface area contributed by atoms with E-state index in [1.54, 1.807) is 0 Å². The Morgan fingerprint density at radius 1 is 1.47 bits per heavy atom. The number of carbonyl (C=O) groups excluding carboxylic acids is 1. The monoisotopic (exact) mass is 248 g/mol. The Bertz CT molecular complexity index is 581. The Morgan fingerprint density at radius 2 is 2.24 bits per heavy atom. The Morgan fingerprint density at radius 3 is 2.94 bits per heavy atom. The van der Waals surface area contributed by atoms with E-state index in [2.05, 4.69) is 4.98 Å². The van der Waals surface area contributed by atoms with E-state index in [0.717, 1.165) is 22.2 Å². The van der Waals surface area contributed by atoms with Crippen LogP contribution in [0, 0.1) is 6.92 Å². The summed E-state index contributed by atoms with van der Waals surface area (Å²) in [7, 11) is 0. The van der Waals surface area contributed by atoms with Crippen molar-refractivity contribution in [1.29, 1.82) is 0 Å². The smallest absolute Gasteiger partial charge is 0.217 e. The second kappa shape index (κ2) is 4.72. The molecule has 0 radical (unpaired) electrons. The van der Waals surface area contributed by atoms with Gasteiger partial charge in [0.1, 0.15) is 0 Å². The van der Waals surface area contributed by atoms with E-state index >= 15 is 0 Å². The average Bonchev–Trinajstić information content (AvgIpc) is 2.27. The second-order valence-electron chi connectivity index (χ2n) is 4.03. The zero-order valence-corrected chi connectivity index (χ0v) is 10.3. The van der Waals surface area contributed by atoms with Gasteiger partial charge in [0.25, 0.3) is 0 Å². The number of primary amides is 1. The standard InChI is InChI=1S/C13H13ClN2O/c1-8-7-9(5-6-12(15)17)10-3-2-4-11(14)13(10)16-8/h2-4,7H,5-6H2,1H3,(H2,15,17). The molecule has 0 saturated carbocycles. The zero-order valence-electron chi connectivity index (χ0n) is 9.53. The van der Waals surface area contributed by atoms with Crippen LogP contribution in [0.15, 0.2) is 24.3 Å². The molecule has 1 heterocycles. The number of fused-ring (bicyclic) bond motifs is 1. The number of aryl methyl sites for hydroxylation is 2. The first-order valence-corrected chi connectivity index (χ1v) is 5.79. The number of aromatic nitrogens is 1. The summed E-state index contributed by atoms with van der Waals surface area (Å²) in [6.07, 6.45) is 0.959. The van der Waals surface area contributed by atoms with Gasteiger partial charge in [0.2, 0.25) is 5.91 Å². The Hall–Kier alpha value is -1.61.